The molecule has 9 heteroatoms. The predicted molar refractivity (Wildman–Crippen MR) is 121 cm³/mol. The van der Waals surface area contributed by atoms with Crippen LogP contribution in [0.1, 0.15) is 49.3 Å². The number of sulfone groups is 1. The molecule has 1 aromatic carbocycles. The van der Waals surface area contributed by atoms with Crippen LogP contribution in [-0.2, 0) is 14.6 Å². The van der Waals surface area contributed by atoms with Gasteiger partial charge in [0.1, 0.15) is 6.07 Å². The van der Waals surface area contributed by atoms with Crippen molar-refractivity contribution in [2.24, 2.45) is 0 Å². The zero-order valence-electron chi connectivity index (χ0n) is 17.3. The summed E-state index contributed by atoms with van der Waals surface area (Å²) in [5.74, 6) is -0.0138. The van der Waals surface area contributed by atoms with Gasteiger partial charge in [0, 0.05) is 36.3 Å². The molecule has 0 saturated carbocycles. The topological polar surface area (TPSA) is 104 Å². The Hall–Kier alpha value is -2.83. The molecule has 2 saturated heterocycles. The first-order chi connectivity index (χ1) is 15.5. The molecule has 32 heavy (non-hydrogen) atoms. The van der Waals surface area contributed by atoms with Crippen LogP contribution in [0.3, 0.4) is 0 Å². The minimum absolute atomic E-state index is 0.00962. The molecule has 2 unspecified atom stereocenters. The van der Waals surface area contributed by atoms with Crippen molar-refractivity contribution in [3.05, 3.63) is 53.3 Å². The van der Waals surface area contributed by atoms with Crippen molar-refractivity contribution in [3.8, 4) is 6.07 Å². The van der Waals surface area contributed by atoms with Crippen molar-refractivity contribution < 1.29 is 13.2 Å². The molecule has 3 aromatic rings. The van der Waals surface area contributed by atoms with E-state index >= 15 is 0 Å². The van der Waals surface area contributed by atoms with Crippen LogP contribution in [0.15, 0.2) is 46.9 Å². The van der Waals surface area contributed by atoms with E-state index in [9.17, 15) is 13.2 Å². The number of fused-ring (bicyclic) bond motifs is 3. The molecule has 1 amide bonds. The SMILES string of the molecule is N#Cc1ccc(C2CC3CCC(C2)N3C(=O)CCS(=O)(=O)c2cccc3ncsc23)nc1. The lowest BCUT2D eigenvalue weighted by molar-refractivity contribution is -0.135. The summed E-state index contributed by atoms with van der Waals surface area (Å²) in [6.45, 7) is 0. The second-order valence-corrected chi connectivity index (χ2v) is 11.4. The molecule has 2 aliphatic rings. The van der Waals surface area contributed by atoms with E-state index in [2.05, 4.69) is 16.0 Å². The van der Waals surface area contributed by atoms with Gasteiger partial charge in [0.25, 0.3) is 0 Å². The lowest BCUT2D eigenvalue weighted by atomic mass is 9.87. The fourth-order valence-electron chi connectivity index (χ4n) is 5.10. The number of nitrogens with zero attached hydrogens (tertiary/aromatic N) is 4. The molecule has 2 atom stereocenters. The molecule has 0 aliphatic carbocycles. The van der Waals surface area contributed by atoms with Crippen LogP contribution >= 0.6 is 11.3 Å². The Bertz CT molecular complexity index is 1300. The summed E-state index contributed by atoms with van der Waals surface area (Å²) in [7, 11) is -3.58. The van der Waals surface area contributed by atoms with Crippen LogP contribution in [0.25, 0.3) is 10.2 Å². The number of benzene rings is 1. The Labute approximate surface area is 190 Å². The zero-order valence-corrected chi connectivity index (χ0v) is 19.0. The highest BCUT2D eigenvalue weighted by molar-refractivity contribution is 7.91. The molecule has 2 fully saturated rings. The van der Waals surface area contributed by atoms with Gasteiger partial charge in [0.15, 0.2) is 9.84 Å². The number of thiazole rings is 1. The lowest BCUT2D eigenvalue weighted by Gasteiger charge is -2.39. The van der Waals surface area contributed by atoms with E-state index in [1.165, 1.54) is 11.3 Å². The van der Waals surface area contributed by atoms with Crippen molar-refractivity contribution in [2.75, 3.05) is 5.75 Å². The van der Waals surface area contributed by atoms with E-state index in [1.54, 1.807) is 36.0 Å². The van der Waals surface area contributed by atoms with Crippen LogP contribution in [0, 0.1) is 11.3 Å². The van der Waals surface area contributed by atoms with Gasteiger partial charge in [-0.05, 0) is 49.9 Å². The van der Waals surface area contributed by atoms with Crippen LogP contribution in [0.2, 0.25) is 0 Å². The summed E-state index contributed by atoms with van der Waals surface area (Å²) in [6, 6.07) is 11.1. The van der Waals surface area contributed by atoms with Crippen molar-refractivity contribution in [2.45, 2.75) is 55.0 Å². The highest BCUT2D eigenvalue weighted by Crippen LogP contribution is 2.43. The number of nitriles is 1. The average molecular weight is 467 g/mol. The van der Waals surface area contributed by atoms with Gasteiger partial charge in [-0.2, -0.15) is 5.26 Å². The van der Waals surface area contributed by atoms with Crippen LogP contribution < -0.4 is 0 Å². The maximum atomic E-state index is 13.1. The fraction of sp³-hybridized carbons (Fsp3) is 0.391. The smallest absolute Gasteiger partial charge is 0.224 e. The number of hydrogen-bond donors (Lipinski definition) is 0. The monoisotopic (exact) mass is 466 g/mol. The third kappa shape index (κ3) is 3.78. The average Bonchev–Trinajstić information content (AvgIpc) is 3.39. The fourth-order valence-corrected chi connectivity index (χ4v) is 7.66. The maximum absolute atomic E-state index is 13.1. The summed E-state index contributed by atoms with van der Waals surface area (Å²) in [5, 5.41) is 8.97. The van der Waals surface area contributed by atoms with Crippen LogP contribution in [0.4, 0.5) is 0 Å². The first-order valence-electron chi connectivity index (χ1n) is 10.7. The summed E-state index contributed by atoms with van der Waals surface area (Å²) < 4.78 is 26.6. The molecule has 164 valence electrons. The van der Waals surface area contributed by atoms with Gasteiger partial charge in [0.2, 0.25) is 5.91 Å². The number of rotatable bonds is 5. The van der Waals surface area contributed by atoms with E-state index in [-0.39, 0.29) is 41.0 Å². The minimum atomic E-state index is -3.58. The Balaban J connectivity index is 1.27. The number of hydrogen-bond acceptors (Lipinski definition) is 7. The lowest BCUT2D eigenvalue weighted by Crippen LogP contribution is -2.46. The van der Waals surface area contributed by atoms with Gasteiger partial charge < -0.3 is 4.90 Å². The first kappa shape index (κ1) is 21.0. The summed E-state index contributed by atoms with van der Waals surface area (Å²) in [5.41, 5.74) is 3.81. The third-order valence-corrected chi connectivity index (χ3v) is 9.35. The largest absolute Gasteiger partial charge is 0.337 e. The standard InChI is InChI=1S/C23H22N4O3S2/c24-12-15-4-7-19(25-13-15)16-10-17-5-6-18(11-16)27(17)22(28)8-9-32(29,30)21-3-1-2-20-23(21)31-14-26-20/h1-4,7,13-14,16-18H,5-6,8-11H2. The normalized spacial score (nSPS) is 22.7. The van der Waals surface area contributed by atoms with Gasteiger partial charge >= 0.3 is 0 Å². The van der Waals surface area contributed by atoms with E-state index < -0.39 is 9.84 Å². The van der Waals surface area contributed by atoms with Crippen molar-refractivity contribution in [1.82, 2.24) is 14.9 Å². The van der Waals surface area contributed by atoms with Crippen molar-refractivity contribution >= 4 is 37.3 Å². The number of piperidine rings is 1. The molecule has 0 radical (unpaired) electrons. The van der Waals surface area contributed by atoms with Crippen LogP contribution in [-0.4, -0.2) is 47.0 Å². The summed E-state index contributed by atoms with van der Waals surface area (Å²) in [6.07, 6.45) is 5.13. The highest BCUT2D eigenvalue weighted by atomic mass is 32.2. The number of aromatic nitrogens is 2. The molecule has 0 spiro atoms. The Morgan fingerprint density at radius 1 is 1.16 bits per heavy atom. The number of carbonyl (C=O) groups is 1. The van der Waals surface area contributed by atoms with E-state index in [0.29, 0.717) is 15.8 Å². The zero-order chi connectivity index (χ0) is 22.3. The second-order valence-electron chi connectivity index (χ2n) is 8.46. The van der Waals surface area contributed by atoms with Crippen LogP contribution in [0.5, 0.6) is 0 Å². The van der Waals surface area contributed by atoms with E-state index in [1.807, 2.05) is 11.0 Å². The quantitative estimate of drug-likeness (QED) is 0.568. The third-order valence-electron chi connectivity index (χ3n) is 6.59. The highest BCUT2D eigenvalue weighted by Gasteiger charge is 2.43. The number of amides is 1. The van der Waals surface area contributed by atoms with Gasteiger partial charge in [0.05, 0.1) is 31.9 Å². The van der Waals surface area contributed by atoms with Crippen molar-refractivity contribution in [1.29, 1.82) is 5.26 Å². The Kier molecular flexibility index (Phi) is 5.43. The molecular formula is C23H22N4O3S2. The maximum Gasteiger partial charge on any atom is 0.224 e. The predicted octanol–water partition coefficient (Wildman–Crippen LogP) is 3.66. The Morgan fingerprint density at radius 3 is 2.62 bits per heavy atom. The first-order valence-corrected chi connectivity index (χ1v) is 13.2. The van der Waals surface area contributed by atoms with Gasteiger partial charge in [-0.15, -0.1) is 11.3 Å². The summed E-state index contributed by atoms with van der Waals surface area (Å²) in [4.78, 5) is 23.9. The Morgan fingerprint density at radius 2 is 1.94 bits per heavy atom. The minimum Gasteiger partial charge on any atom is -0.337 e. The molecule has 5 rings (SSSR count). The molecule has 7 nitrogen and oxygen atoms in total. The van der Waals surface area contributed by atoms with Gasteiger partial charge in [-0.25, -0.2) is 13.4 Å². The number of pyridine rings is 1. The number of carbonyl (C=O) groups excluding carboxylic acids is 1. The molecule has 0 N–H and O–H groups in total. The van der Waals surface area contributed by atoms with Crippen molar-refractivity contribution in [3.63, 3.8) is 0 Å². The molecule has 2 aromatic heterocycles. The van der Waals surface area contributed by atoms with Gasteiger partial charge in [-0.1, -0.05) is 6.07 Å². The molecule has 4 heterocycles. The molecule has 2 bridgehead atoms. The van der Waals surface area contributed by atoms with E-state index in [0.717, 1.165) is 31.4 Å². The van der Waals surface area contributed by atoms with Gasteiger partial charge in [-0.3, -0.25) is 9.78 Å². The second kappa shape index (κ2) is 8.26. The molecule has 2 aliphatic heterocycles. The van der Waals surface area contributed by atoms with E-state index in [4.69, 9.17) is 5.26 Å². The summed E-state index contributed by atoms with van der Waals surface area (Å²) >= 11 is 1.30. The molecular weight excluding hydrogens is 444 g/mol.